The maximum atomic E-state index is 12.0. The number of amides is 1. The Morgan fingerprint density at radius 2 is 1.96 bits per heavy atom. The third kappa shape index (κ3) is 5.59. The van der Waals surface area contributed by atoms with Gasteiger partial charge in [-0.15, -0.1) is 10.2 Å². The van der Waals surface area contributed by atoms with Crippen LogP contribution >= 0.6 is 11.3 Å². The van der Waals surface area contributed by atoms with Crippen LogP contribution < -0.4 is 11.1 Å². The summed E-state index contributed by atoms with van der Waals surface area (Å²) in [5.41, 5.74) is 7.59. The number of nitrogens with zero attached hydrogens (tertiary/aromatic N) is 4. The van der Waals surface area contributed by atoms with Crippen molar-refractivity contribution in [2.24, 2.45) is 0 Å². The van der Waals surface area contributed by atoms with Crippen molar-refractivity contribution in [3.63, 3.8) is 0 Å². The van der Waals surface area contributed by atoms with Crippen LogP contribution in [0.15, 0.2) is 42.9 Å². The molecule has 0 saturated heterocycles. The number of hydrogen-bond acceptors (Lipinski definition) is 7. The maximum Gasteiger partial charge on any atom is 0.230 e. The number of anilines is 2. The summed E-state index contributed by atoms with van der Waals surface area (Å²) in [6.45, 7) is 0. The largest absolute Gasteiger partial charge is 0.374 e. The summed E-state index contributed by atoms with van der Waals surface area (Å²) in [6.07, 6.45) is 9.36. The summed E-state index contributed by atoms with van der Waals surface area (Å²) in [7, 11) is 0. The van der Waals surface area contributed by atoms with E-state index in [4.69, 9.17) is 5.73 Å². The van der Waals surface area contributed by atoms with Gasteiger partial charge in [0.05, 0.1) is 6.42 Å². The molecule has 0 unspecified atom stereocenters. The first-order chi connectivity index (χ1) is 12.7. The monoisotopic (exact) mass is 368 g/mol. The number of rotatable bonds is 8. The molecular weight excluding hydrogens is 348 g/mol. The van der Waals surface area contributed by atoms with Crippen LogP contribution in [0.4, 0.5) is 10.9 Å². The summed E-state index contributed by atoms with van der Waals surface area (Å²) in [5, 5.41) is 12.1. The second-order valence-corrected chi connectivity index (χ2v) is 6.97. The van der Waals surface area contributed by atoms with Crippen LogP contribution in [0, 0.1) is 0 Å². The molecule has 3 aromatic rings. The van der Waals surface area contributed by atoms with Crippen LogP contribution in [0.5, 0.6) is 0 Å². The molecule has 26 heavy (non-hydrogen) atoms. The molecule has 3 heterocycles. The van der Waals surface area contributed by atoms with Crippen molar-refractivity contribution >= 4 is 28.2 Å². The van der Waals surface area contributed by atoms with Crippen molar-refractivity contribution in [1.82, 2.24) is 20.2 Å². The van der Waals surface area contributed by atoms with E-state index in [1.165, 1.54) is 11.3 Å². The molecule has 3 rings (SSSR count). The van der Waals surface area contributed by atoms with Crippen LogP contribution in [0.2, 0.25) is 0 Å². The lowest BCUT2D eigenvalue weighted by atomic mass is 10.1. The van der Waals surface area contributed by atoms with Gasteiger partial charge in [-0.2, -0.15) is 0 Å². The smallest absolute Gasteiger partial charge is 0.230 e. The minimum atomic E-state index is -0.102. The number of unbranched alkanes of at least 4 members (excludes halogenated alkanes) is 1. The van der Waals surface area contributed by atoms with Crippen LogP contribution in [-0.2, 0) is 24.1 Å². The Morgan fingerprint density at radius 1 is 1.08 bits per heavy atom. The van der Waals surface area contributed by atoms with E-state index in [2.05, 4.69) is 25.5 Å². The Hall–Kier alpha value is -2.87. The first kappa shape index (κ1) is 17.9. The highest BCUT2D eigenvalue weighted by atomic mass is 32.1. The number of aryl methyl sites for hydroxylation is 2. The zero-order chi connectivity index (χ0) is 18.2. The van der Waals surface area contributed by atoms with Gasteiger partial charge >= 0.3 is 0 Å². The first-order valence-electron chi connectivity index (χ1n) is 8.40. The van der Waals surface area contributed by atoms with Gasteiger partial charge in [0.25, 0.3) is 0 Å². The highest BCUT2D eigenvalue weighted by Crippen LogP contribution is 2.15. The fraction of sp³-hybridized carbons (Fsp3) is 0.278. The van der Waals surface area contributed by atoms with Crippen molar-refractivity contribution in [1.29, 1.82) is 0 Å². The summed E-state index contributed by atoms with van der Waals surface area (Å²) < 4.78 is 0. The molecule has 0 bridgehead atoms. The van der Waals surface area contributed by atoms with E-state index in [-0.39, 0.29) is 12.3 Å². The number of pyridine rings is 2. The Morgan fingerprint density at radius 3 is 2.65 bits per heavy atom. The molecule has 0 spiro atoms. The highest BCUT2D eigenvalue weighted by molar-refractivity contribution is 7.15. The molecule has 1 amide bonds. The van der Waals surface area contributed by atoms with Gasteiger partial charge < -0.3 is 11.1 Å². The molecule has 0 radical (unpaired) electrons. The highest BCUT2D eigenvalue weighted by Gasteiger charge is 2.05. The Balaban J connectivity index is 1.40. The van der Waals surface area contributed by atoms with Gasteiger partial charge in [0.1, 0.15) is 10.8 Å². The van der Waals surface area contributed by atoms with E-state index in [9.17, 15) is 4.79 Å². The molecule has 7 nitrogen and oxygen atoms in total. The minimum Gasteiger partial charge on any atom is -0.374 e. The SMILES string of the molecule is Nc1nnc(CCCCc2ccc(NC(=O)Cc3cccnc3)nc2)s1. The van der Waals surface area contributed by atoms with Crippen molar-refractivity contribution in [2.75, 3.05) is 11.1 Å². The van der Waals surface area contributed by atoms with Crippen LogP contribution in [-0.4, -0.2) is 26.1 Å². The lowest BCUT2D eigenvalue weighted by Crippen LogP contribution is -2.15. The van der Waals surface area contributed by atoms with E-state index in [1.807, 2.05) is 30.5 Å². The number of carbonyl (C=O) groups excluding carboxylic acids is 1. The van der Waals surface area contributed by atoms with Crippen LogP contribution in [0.25, 0.3) is 0 Å². The van der Waals surface area contributed by atoms with Gasteiger partial charge in [-0.25, -0.2) is 4.98 Å². The molecule has 0 saturated carbocycles. The first-order valence-corrected chi connectivity index (χ1v) is 9.22. The number of hydrogen-bond donors (Lipinski definition) is 2. The van der Waals surface area contributed by atoms with Crippen molar-refractivity contribution in [3.05, 3.63) is 59.0 Å². The van der Waals surface area contributed by atoms with E-state index in [0.717, 1.165) is 41.8 Å². The number of nitrogens with two attached hydrogens (primary N) is 1. The number of nitrogens with one attached hydrogen (secondary N) is 1. The fourth-order valence-electron chi connectivity index (χ4n) is 2.49. The summed E-state index contributed by atoms with van der Waals surface area (Å²) in [5.74, 6) is 0.460. The van der Waals surface area contributed by atoms with E-state index >= 15 is 0 Å². The predicted octanol–water partition coefficient (Wildman–Crippen LogP) is 2.66. The zero-order valence-electron chi connectivity index (χ0n) is 14.3. The predicted molar refractivity (Wildman–Crippen MR) is 102 cm³/mol. The van der Waals surface area contributed by atoms with Gasteiger partial charge in [0.2, 0.25) is 11.0 Å². The average Bonchev–Trinajstić information content (AvgIpc) is 3.06. The minimum absolute atomic E-state index is 0.102. The van der Waals surface area contributed by atoms with E-state index < -0.39 is 0 Å². The topological polar surface area (TPSA) is 107 Å². The summed E-state index contributed by atoms with van der Waals surface area (Å²) >= 11 is 1.44. The van der Waals surface area contributed by atoms with Crippen molar-refractivity contribution < 1.29 is 4.79 Å². The number of aromatic nitrogens is 4. The third-order valence-electron chi connectivity index (χ3n) is 3.77. The van der Waals surface area contributed by atoms with Gasteiger partial charge in [0, 0.05) is 25.0 Å². The number of nitrogen functional groups attached to an aromatic ring is 1. The van der Waals surface area contributed by atoms with Crippen molar-refractivity contribution in [2.45, 2.75) is 32.1 Å². The van der Waals surface area contributed by atoms with Gasteiger partial charge in [-0.3, -0.25) is 9.78 Å². The standard InChI is InChI=1S/C18H20N6OS/c19-18-24-23-17(26-18)6-2-1-4-13-7-8-15(21-12-13)22-16(25)10-14-5-3-9-20-11-14/h3,5,7-9,11-12H,1-2,4,6,10H2,(H2,19,24)(H,21,22,25). The van der Waals surface area contributed by atoms with Gasteiger partial charge in [-0.1, -0.05) is 23.5 Å². The summed E-state index contributed by atoms with van der Waals surface area (Å²) in [6, 6.07) is 7.52. The normalized spacial score (nSPS) is 10.6. The third-order valence-corrected chi connectivity index (χ3v) is 4.58. The van der Waals surface area contributed by atoms with Gasteiger partial charge in [-0.05, 0) is 42.5 Å². The lowest BCUT2D eigenvalue weighted by Gasteiger charge is -2.06. The molecular formula is C18H20N6OS. The van der Waals surface area contributed by atoms with E-state index in [0.29, 0.717) is 10.9 Å². The molecule has 8 heteroatoms. The van der Waals surface area contributed by atoms with Crippen LogP contribution in [0.3, 0.4) is 0 Å². The second kappa shape index (κ2) is 9.00. The molecule has 0 aliphatic heterocycles. The lowest BCUT2D eigenvalue weighted by molar-refractivity contribution is -0.115. The average molecular weight is 368 g/mol. The Labute approximate surface area is 155 Å². The second-order valence-electron chi connectivity index (χ2n) is 5.88. The molecule has 134 valence electrons. The number of carbonyl (C=O) groups is 1. The maximum absolute atomic E-state index is 12.0. The van der Waals surface area contributed by atoms with E-state index in [1.54, 1.807) is 12.4 Å². The van der Waals surface area contributed by atoms with Crippen LogP contribution in [0.1, 0.15) is 29.0 Å². The molecule has 0 aliphatic carbocycles. The fourth-order valence-corrected chi connectivity index (χ4v) is 3.15. The molecule has 0 fully saturated rings. The molecule has 3 N–H and O–H groups in total. The molecule has 0 aromatic carbocycles. The van der Waals surface area contributed by atoms with Gasteiger partial charge in [0.15, 0.2) is 0 Å². The molecule has 0 aliphatic rings. The summed E-state index contributed by atoms with van der Waals surface area (Å²) in [4.78, 5) is 20.3. The van der Waals surface area contributed by atoms with Crippen molar-refractivity contribution in [3.8, 4) is 0 Å². The molecule has 0 atom stereocenters. The Kier molecular flexibility index (Phi) is 6.21. The quantitative estimate of drug-likeness (QED) is 0.592. The molecule has 3 aromatic heterocycles. The Bertz CT molecular complexity index is 834. The zero-order valence-corrected chi connectivity index (χ0v) is 15.1.